The SMILES string of the molecule is CCC(=O)Oc1ccc2c(c1)CC[C@@H]1[C@@H]2CC[C@]2(C)[C@H](OC(=O)CC)CC[C@@H]12. The van der Waals surface area contributed by atoms with Crippen LogP contribution in [-0.2, 0) is 20.7 Å². The van der Waals surface area contributed by atoms with E-state index in [1.165, 1.54) is 24.0 Å². The van der Waals surface area contributed by atoms with Crippen LogP contribution in [0.1, 0.15) is 82.8 Å². The van der Waals surface area contributed by atoms with Gasteiger partial charge in [0.1, 0.15) is 11.9 Å². The molecule has 0 N–H and O–H groups in total. The van der Waals surface area contributed by atoms with Gasteiger partial charge >= 0.3 is 11.9 Å². The molecule has 4 heteroatoms. The third kappa shape index (κ3) is 3.25. The fourth-order valence-corrected chi connectivity index (χ4v) is 6.21. The van der Waals surface area contributed by atoms with Gasteiger partial charge in [-0.3, -0.25) is 9.59 Å². The average Bonchev–Trinajstić information content (AvgIpc) is 3.03. The fourth-order valence-electron chi connectivity index (χ4n) is 6.21. The summed E-state index contributed by atoms with van der Waals surface area (Å²) < 4.78 is 11.3. The molecule has 1 aromatic carbocycles. The van der Waals surface area contributed by atoms with Crippen molar-refractivity contribution in [2.24, 2.45) is 17.3 Å². The molecule has 0 heterocycles. The normalized spacial score (nSPS) is 33.4. The highest BCUT2D eigenvalue weighted by Crippen LogP contribution is 2.61. The van der Waals surface area contributed by atoms with Crippen molar-refractivity contribution < 1.29 is 19.1 Å². The van der Waals surface area contributed by atoms with Crippen molar-refractivity contribution in [3.05, 3.63) is 29.3 Å². The Morgan fingerprint density at radius 1 is 1.07 bits per heavy atom. The Balaban J connectivity index is 1.54. The summed E-state index contributed by atoms with van der Waals surface area (Å²) in [4.78, 5) is 23.5. The molecule has 0 amide bonds. The second-order valence-electron chi connectivity index (χ2n) is 9.06. The number of hydrogen-bond acceptors (Lipinski definition) is 4. The van der Waals surface area contributed by atoms with Gasteiger partial charge < -0.3 is 9.47 Å². The molecule has 4 rings (SSSR count). The summed E-state index contributed by atoms with van der Waals surface area (Å²) in [5, 5.41) is 0. The molecule has 0 aromatic heterocycles. The molecule has 3 aliphatic rings. The molecule has 28 heavy (non-hydrogen) atoms. The molecular weight excluding hydrogens is 352 g/mol. The lowest BCUT2D eigenvalue weighted by Gasteiger charge is -2.50. The van der Waals surface area contributed by atoms with Crippen LogP contribution in [0.2, 0.25) is 0 Å². The number of carbonyl (C=O) groups is 2. The number of rotatable bonds is 4. The molecule has 0 bridgehead atoms. The Morgan fingerprint density at radius 2 is 1.86 bits per heavy atom. The summed E-state index contributed by atoms with van der Waals surface area (Å²) >= 11 is 0. The number of hydrogen-bond donors (Lipinski definition) is 0. The number of carbonyl (C=O) groups excluding carboxylic acids is 2. The highest BCUT2D eigenvalue weighted by molar-refractivity contribution is 5.72. The van der Waals surface area contributed by atoms with Crippen LogP contribution in [0.3, 0.4) is 0 Å². The molecule has 152 valence electrons. The maximum Gasteiger partial charge on any atom is 0.310 e. The van der Waals surface area contributed by atoms with Gasteiger partial charge in [0.15, 0.2) is 0 Å². The highest BCUT2D eigenvalue weighted by atomic mass is 16.5. The predicted octanol–water partition coefficient (Wildman–Crippen LogP) is 5.18. The summed E-state index contributed by atoms with van der Waals surface area (Å²) in [6, 6.07) is 6.23. The standard InChI is InChI=1S/C24H32O4/c1-4-22(25)27-16-7-9-17-15(14-16)6-8-19-18(17)12-13-24(3)20(19)10-11-21(24)28-23(26)5-2/h7,9,14,18-21H,4-6,8,10-13H2,1-3H3/t18-,19-,20+,21-,24+/m1/s1. The first-order valence-corrected chi connectivity index (χ1v) is 11.0. The Hall–Kier alpha value is -1.84. The zero-order chi connectivity index (χ0) is 19.9. The van der Waals surface area contributed by atoms with Gasteiger partial charge in [-0.15, -0.1) is 0 Å². The second-order valence-corrected chi connectivity index (χ2v) is 9.06. The molecule has 4 nitrogen and oxygen atoms in total. The number of aryl methyl sites for hydroxylation is 1. The lowest BCUT2D eigenvalue weighted by atomic mass is 9.55. The van der Waals surface area contributed by atoms with Gasteiger partial charge in [0.25, 0.3) is 0 Å². The van der Waals surface area contributed by atoms with Crippen molar-refractivity contribution in [3.63, 3.8) is 0 Å². The number of esters is 2. The third-order valence-electron chi connectivity index (χ3n) is 7.69. The number of benzene rings is 1. The monoisotopic (exact) mass is 384 g/mol. The van der Waals surface area contributed by atoms with Gasteiger partial charge in [0, 0.05) is 18.3 Å². The van der Waals surface area contributed by atoms with Crippen molar-refractivity contribution in [1.29, 1.82) is 0 Å². The molecule has 5 atom stereocenters. The molecule has 3 aliphatic carbocycles. The third-order valence-corrected chi connectivity index (χ3v) is 7.69. The summed E-state index contributed by atoms with van der Waals surface area (Å²) in [5.41, 5.74) is 2.92. The van der Waals surface area contributed by atoms with E-state index < -0.39 is 0 Å². The van der Waals surface area contributed by atoms with E-state index in [9.17, 15) is 9.59 Å². The van der Waals surface area contributed by atoms with E-state index in [2.05, 4.69) is 19.1 Å². The van der Waals surface area contributed by atoms with Crippen LogP contribution < -0.4 is 4.74 Å². The molecule has 2 fully saturated rings. The van der Waals surface area contributed by atoms with Crippen molar-refractivity contribution in [2.45, 2.75) is 84.2 Å². The van der Waals surface area contributed by atoms with Crippen molar-refractivity contribution in [1.82, 2.24) is 0 Å². The predicted molar refractivity (Wildman–Crippen MR) is 107 cm³/mol. The number of ether oxygens (including phenoxy) is 2. The van der Waals surface area contributed by atoms with Gasteiger partial charge in [-0.2, -0.15) is 0 Å². The molecule has 0 aliphatic heterocycles. The van der Waals surface area contributed by atoms with Crippen LogP contribution in [-0.4, -0.2) is 18.0 Å². The molecular formula is C24H32O4. The van der Waals surface area contributed by atoms with E-state index in [-0.39, 0.29) is 23.5 Å². The molecule has 0 unspecified atom stereocenters. The Bertz CT molecular complexity index is 770. The fraction of sp³-hybridized carbons (Fsp3) is 0.667. The lowest BCUT2D eigenvalue weighted by Crippen LogP contribution is -2.45. The summed E-state index contributed by atoms with van der Waals surface area (Å²) in [6.07, 6.45) is 7.61. The van der Waals surface area contributed by atoms with Crippen molar-refractivity contribution in [3.8, 4) is 5.75 Å². The smallest absolute Gasteiger partial charge is 0.310 e. The minimum Gasteiger partial charge on any atom is -0.462 e. The number of fused-ring (bicyclic) bond motifs is 5. The molecule has 2 saturated carbocycles. The second kappa shape index (κ2) is 7.53. The van der Waals surface area contributed by atoms with Gasteiger partial charge in [0.2, 0.25) is 0 Å². The molecule has 0 spiro atoms. The van der Waals surface area contributed by atoms with Crippen LogP contribution in [0.4, 0.5) is 0 Å². The van der Waals surface area contributed by atoms with E-state index in [0.717, 1.165) is 25.7 Å². The van der Waals surface area contributed by atoms with Crippen molar-refractivity contribution in [2.75, 3.05) is 0 Å². The highest BCUT2D eigenvalue weighted by Gasteiger charge is 2.56. The van der Waals surface area contributed by atoms with Crippen molar-refractivity contribution >= 4 is 11.9 Å². The van der Waals surface area contributed by atoms with Gasteiger partial charge in [0.05, 0.1) is 0 Å². The van der Waals surface area contributed by atoms with E-state index in [1.54, 1.807) is 0 Å². The van der Waals surface area contributed by atoms with E-state index >= 15 is 0 Å². The van der Waals surface area contributed by atoms with Crippen LogP contribution in [0.15, 0.2) is 18.2 Å². The molecule has 1 aromatic rings. The van der Waals surface area contributed by atoms with E-state index in [1.807, 2.05) is 19.9 Å². The summed E-state index contributed by atoms with van der Waals surface area (Å²) in [7, 11) is 0. The quantitative estimate of drug-likeness (QED) is 0.530. The Morgan fingerprint density at radius 3 is 2.61 bits per heavy atom. The summed E-state index contributed by atoms with van der Waals surface area (Å²) in [6.45, 7) is 6.05. The first-order valence-electron chi connectivity index (χ1n) is 11.0. The Kier molecular flexibility index (Phi) is 5.24. The molecule has 0 radical (unpaired) electrons. The van der Waals surface area contributed by atoms with Crippen LogP contribution in [0.5, 0.6) is 5.75 Å². The van der Waals surface area contributed by atoms with Gasteiger partial charge in [-0.1, -0.05) is 26.8 Å². The van der Waals surface area contributed by atoms with Gasteiger partial charge in [-0.25, -0.2) is 0 Å². The average molecular weight is 385 g/mol. The molecule has 0 saturated heterocycles. The Labute approximate surface area is 168 Å². The largest absolute Gasteiger partial charge is 0.462 e. The topological polar surface area (TPSA) is 52.6 Å². The van der Waals surface area contributed by atoms with Crippen LogP contribution in [0, 0.1) is 17.3 Å². The zero-order valence-corrected chi connectivity index (χ0v) is 17.3. The van der Waals surface area contributed by atoms with Crippen LogP contribution in [0.25, 0.3) is 0 Å². The zero-order valence-electron chi connectivity index (χ0n) is 17.3. The minimum absolute atomic E-state index is 0.0582. The lowest BCUT2D eigenvalue weighted by molar-refractivity contribution is -0.157. The maximum atomic E-state index is 11.9. The first-order chi connectivity index (χ1) is 13.5. The van der Waals surface area contributed by atoms with Crippen LogP contribution >= 0.6 is 0 Å². The van der Waals surface area contributed by atoms with E-state index in [4.69, 9.17) is 9.47 Å². The summed E-state index contributed by atoms with van der Waals surface area (Å²) in [5.74, 6) is 2.32. The van der Waals surface area contributed by atoms with Gasteiger partial charge in [-0.05, 0) is 79.5 Å². The minimum atomic E-state index is -0.180. The first kappa shape index (κ1) is 19.5. The maximum absolute atomic E-state index is 11.9. The van der Waals surface area contributed by atoms with E-state index in [0.29, 0.717) is 36.3 Å².